The first kappa shape index (κ1) is 20.4. The molecule has 0 N–H and O–H groups in total. The van der Waals surface area contributed by atoms with Crippen LogP contribution in [0.1, 0.15) is 53.5 Å². The number of aromatic nitrogens is 6. The lowest BCUT2D eigenvalue weighted by atomic mass is 9.99. The van der Waals surface area contributed by atoms with Crippen LogP contribution in [0.4, 0.5) is 13.2 Å². The van der Waals surface area contributed by atoms with Crippen molar-refractivity contribution in [2.24, 2.45) is 7.05 Å². The predicted octanol–water partition coefficient (Wildman–Crippen LogP) is 4.92. The highest BCUT2D eigenvalue weighted by atomic mass is 19.3. The molecule has 0 saturated heterocycles. The molecule has 1 aromatic carbocycles. The van der Waals surface area contributed by atoms with Crippen molar-refractivity contribution in [3.8, 4) is 17.1 Å². The third-order valence-corrected chi connectivity index (χ3v) is 5.62. The van der Waals surface area contributed by atoms with Gasteiger partial charge in [0.15, 0.2) is 5.82 Å². The molecule has 6 nitrogen and oxygen atoms in total. The Morgan fingerprint density at radius 2 is 1.81 bits per heavy atom. The molecule has 3 aromatic heterocycles. The molecule has 32 heavy (non-hydrogen) atoms. The summed E-state index contributed by atoms with van der Waals surface area (Å²) >= 11 is 0. The number of hydrogen-bond acceptors (Lipinski definition) is 4. The molecule has 164 valence electrons. The van der Waals surface area contributed by atoms with E-state index in [0.29, 0.717) is 29.5 Å². The first-order chi connectivity index (χ1) is 15.4. The fourth-order valence-electron chi connectivity index (χ4n) is 4.11. The largest absolute Gasteiger partial charge is 0.280 e. The molecule has 1 aliphatic carbocycles. The van der Waals surface area contributed by atoms with Crippen LogP contribution in [-0.4, -0.2) is 29.5 Å². The Hall–Kier alpha value is -3.49. The highest BCUT2D eigenvalue weighted by Gasteiger charge is 2.32. The summed E-state index contributed by atoms with van der Waals surface area (Å²) in [5.74, 6) is 0.412. The van der Waals surface area contributed by atoms with Gasteiger partial charge in [-0.05, 0) is 56.0 Å². The Kier molecular flexibility index (Phi) is 5.03. The van der Waals surface area contributed by atoms with E-state index in [9.17, 15) is 13.2 Å². The van der Waals surface area contributed by atoms with Crippen molar-refractivity contribution in [1.82, 2.24) is 29.5 Å². The number of benzene rings is 1. The summed E-state index contributed by atoms with van der Waals surface area (Å²) < 4.78 is 43.3. The van der Waals surface area contributed by atoms with Gasteiger partial charge >= 0.3 is 0 Å². The lowest BCUT2D eigenvalue weighted by Crippen LogP contribution is -2.07. The molecule has 0 radical (unpaired) electrons. The van der Waals surface area contributed by atoms with Crippen LogP contribution in [0.2, 0.25) is 0 Å². The molecule has 3 heterocycles. The summed E-state index contributed by atoms with van der Waals surface area (Å²) in [4.78, 5) is 8.50. The summed E-state index contributed by atoms with van der Waals surface area (Å²) in [6, 6.07) is 9.43. The number of nitrogens with zero attached hydrogens (tertiary/aromatic N) is 6. The summed E-state index contributed by atoms with van der Waals surface area (Å²) in [6.07, 6.45) is 1.28. The number of rotatable bonds is 6. The van der Waals surface area contributed by atoms with E-state index >= 15 is 0 Å². The first-order valence-corrected chi connectivity index (χ1v) is 10.4. The van der Waals surface area contributed by atoms with E-state index in [1.165, 1.54) is 24.5 Å². The topological polar surface area (TPSA) is 61.4 Å². The molecule has 0 bridgehead atoms. The van der Waals surface area contributed by atoms with Crippen LogP contribution < -0.4 is 0 Å². The van der Waals surface area contributed by atoms with E-state index in [4.69, 9.17) is 5.10 Å². The summed E-state index contributed by atoms with van der Waals surface area (Å²) in [5.41, 5.74) is 4.85. The molecule has 4 aromatic rings. The van der Waals surface area contributed by atoms with Gasteiger partial charge < -0.3 is 0 Å². The predicted molar refractivity (Wildman–Crippen MR) is 112 cm³/mol. The molecule has 0 amide bonds. The standard InChI is InChI=1S/C23H21F3N6/c1-13-9-19(23(25)26)32(29-13)20-11-17(27-12-28-20)10-18-21(14-3-4-14)22(31(2)30-18)15-5-7-16(24)8-6-15/h5-9,11-12,14,23H,3-4,10H2,1-2H3. The fourth-order valence-corrected chi connectivity index (χ4v) is 4.11. The molecule has 1 aliphatic rings. The van der Waals surface area contributed by atoms with E-state index in [1.807, 2.05) is 11.7 Å². The van der Waals surface area contributed by atoms with Crippen molar-refractivity contribution in [1.29, 1.82) is 0 Å². The van der Waals surface area contributed by atoms with Crippen LogP contribution in [0.25, 0.3) is 17.1 Å². The number of halogens is 3. The molecule has 0 atom stereocenters. The van der Waals surface area contributed by atoms with Crippen molar-refractivity contribution in [2.45, 2.75) is 38.5 Å². The highest BCUT2D eigenvalue weighted by molar-refractivity contribution is 5.66. The maximum atomic E-state index is 13.4. The van der Waals surface area contributed by atoms with E-state index in [1.54, 1.807) is 25.1 Å². The molecular weight excluding hydrogens is 417 g/mol. The van der Waals surface area contributed by atoms with Crippen LogP contribution >= 0.6 is 0 Å². The van der Waals surface area contributed by atoms with Gasteiger partial charge in [-0.15, -0.1) is 0 Å². The molecule has 0 spiro atoms. The minimum Gasteiger partial charge on any atom is -0.267 e. The van der Waals surface area contributed by atoms with Gasteiger partial charge in [-0.2, -0.15) is 10.2 Å². The zero-order valence-corrected chi connectivity index (χ0v) is 17.6. The normalized spacial score (nSPS) is 13.8. The van der Waals surface area contributed by atoms with Gasteiger partial charge in [0, 0.05) is 30.7 Å². The van der Waals surface area contributed by atoms with Gasteiger partial charge in [-0.3, -0.25) is 4.68 Å². The number of aryl methyl sites for hydroxylation is 2. The van der Waals surface area contributed by atoms with E-state index in [0.717, 1.165) is 40.0 Å². The average Bonchev–Trinajstić information content (AvgIpc) is 3.44. The second kappa shape index (κ2) is 7.89. The van der Waals surface area contributed by atoms with Crippen molar-refractivity contribution >= 4 is 0 Å². The van der Waals surface area contributed by atoms with Crippen LogP contribution in [0.15, 0.2) is 42.7 Å². The van der Waals surface area contributed by atoms with E-state index in [2.05, 4.69) is 15.1 Å². The van der Waals surface area contributed by atoms with Gasteiger partial charge in [0.1, 0.15) is 17.8 Å². The molecule has 1 saturated carbocycles. The molecular formula is C23H21F3N6. The lowest BCUT2D eigenvalue weighted by Gasteiger charge is -2.08. The Morgan fingerprint density at radius 3 is 2.50 bits per heavy atom. The van der Waals surface area contributed by atoms with Gasteiger partial charge in [-0.1, -0.05) is 0 Å². The van der Waals surface area contributed by atoms with Crippen molar-refractivity contribution in [3.63, 3.8) is 0 Å². The number of alkyl halides is 2. The molecule has 9 heteroatoms. The minimum atomic E-state index is -2.66. The second-order valence-electron chi connectivity index (χ2n) is 8.08. The van der Waals surface area contributed by atoms with Gasteiger partial charge in [0.2, 0.25) is 0 Å². The molecule has 5 rings (SSSR count). The quantitative estimate of drug-likeness (QED) is 0.429. The lowest BCUT2D eigenvalue weighted by molar-refractivity contribution is 0.142. The average molecular weight is 438 g/mol. The molecule has 0 unspecified atom stereocenters. The maximum absolute atomic E-state index is 13.4. The smallest absolute Gasteiger partial charge is 0.267 e. The molecule has 0 aliphatic heterocycles. The van der Waals surface area contributed by atoms with Crippen LogP contribution in [-0.2, 0) is 13.5 Å². The fraction of sp³-hybridized carbons (Fsp3) is 0.304. The van der Waals surface area contributed by atoms with Crippen molar-refractivity contribution in [3.05, 3.63) is 76.9 Å². The van der Waals surface area contributed by atoms with Crippen LogP contribution in [0.5, 0.6) is 0 Å². The third-order valence-electron chi connectivity index (χ3n) is 5.62. The van der Waals surface area contributed by atoms with E-state index < -0.39 is 6.43 Å². The summed E-state index contributed by atoms with van der Waals surface area (Å²) in [6.45, 7) is 1.66. The third kappa shape index (κ3) is 3.79. The monoisotopic (exact) mass is 438 g/mol. The Labute approximate surface area is 182 Å². The zero-order valence-electron chi connectivity index (χ0n) is 17.6. The van der Waals surface area contributed by atoms with E-state index in [-0.39, 0.29) is 11.5 Å². The maximum Gasteiger partial charge on any atom is 0.280 e. The highest BCUT2D eigenvalue weighted by Crippen LogP contribution is 2.46. The zero-order chi connectivity index (χ0) is 22.4. The Bertz CT molecular complexity index is 1270. The first-order valence-electron chi connectivity index (χ1n) is 10.4. The number of hydrogen-bond donors (Lipinski definition) is 0. The van der Waals surface area contributed by atoms with Crippen LogP contribution in [0.3, 0.4) is 0 Å². The van der Waals surface area contributed by atoms with Crippen molar-refractivity contribution < 1.29 is 13.2 Å². The summed E-state index contributed by atoms with van der Waals surface area (Å²) in [7, 11) is 1.88. The Morgan fingerprint density at radius 1 is 1.06 bits per heavy atom. The van der Waals surface area contributed by atoms with Crippen LogP contribution in [0, 0.1) is 12.7 Å². The second-order valence-corrected chi connectivity index (χ2v) is 8.08. The van der Waals surface area contributed by atoms with Gasteiger partial charge in [-0.25, -0.2) is 27.8 Å². The summed E-state index contributed by atoms with van der Waals surface area (Å²) in [5, 5.41) is 8.91. The Balaban J connectivity index is 1.52. The minimum absolute atomic E-state index is 0.206. The SMILES string of the molecule is Cc1cc(C(F)F)n(-c2cc(Cc3nn(C)c(-c4ccc(F)cc4)c3C3CC3)ncn2)n1. The van der Waals surface area contributed by atoms with Gasteiger partial charge in [0.05, 0.1) is 22.8 Å². The van der Waals surface area contributed by atoms with Crippen molar-refractivity contribution in [2.75, 3.05) is 0 Å². The molecule has 1 fully saturated rings. The van der Waals surface area contributed by atoms with Gasteiger partial charge in [0.25, 0.3) is 6.43 Å².